The fourth-order valence-electron chi connectivity index (χ4n) is 3.37. The third kappa shape index (κ3) is 11.6. The van der Waals surface area contributed by atoms with E-state index in [9.17, 15) is 24.3 Å². The second kappa shape index (κ2) is 16.2. The molecule has 3 N–H and O–H groups in total. The van der Waals surface area contributed by atoms with E-state index in [1.807, 2.05) is 41.5 Å². The molecule has 0 aromatic heterocycles. The molecule has 0 fully saturated rings. The van der Waals surface area contributed by atoms with E-state index in [2.05, 4.69) is 0 Å². The van der Waals surface area contributed by atoms with Crippen molar-refractivity contribution in [2.75, 3.05) is 0 Å². The molecule has 232 valence electrons. The molecule has 0 aliphatic heterocycles. The Morgan fingerprint density at radius 2 is 1.22 bits per heavy atom. The van der Waals surface area contributed by atoms with Gasteiger partial charge in [-0.15, -0.1) is 0 Å². The average molecular weight is 582 g/mol. The molecule has 6 atom stereocenters. The molecule has 11 nitrogen and oxygen atoms in total. The van der Waals surface area contributed by atoms with E-state index < -0.39 is 54.5 Å². The highest BCUT2D eigenvalue weighted by Gasteiger charge is 2.31. The van der Waals surface area contributed by atoms with Crippen LogP contribution >= 0.6 is 0 Å². The molecular weight excluding hydrogens is 534 g/mol. The van der Waals surface area contributed by atoms with Crippen LogP contribution in [0.5, 0.6) is 11.5 Å². The summed E-state index contributed by atoms with van der Waals surface area (Å²) in [7, 11) is 0. The molecule has 0 saturated carbocycles. The van der Waals surface area contributed by atoms with Gasteiger partial charge in [0.1, 0.15) is 18.2 Å². The summed E-state index contributed by atoms with van der Waals surface area (Å²) in [6, 6.07) is 2.82. The highest BCUT2D eigenvalue weighted by molar-refractivity contribution is 5.75. The standard InChI is InChI=1S/C30H47NO10/c1-15(2)19(8)28(34)37-18(7)13-23(26(31)27(32)33)22-11-12-24(40-29(35)38-20(9)16(3)4)25(14-22)41-30(36)39-21(10)17(5)6/h11-12,14-21,23,26H,13,31H2,1-10H3,(H,32,33)/t18?,19?,20?,21?,23?,26-/m0/s1. The number of carboxylic acids is 1. The number of ether oxygens (including phenoxy) is 5. The van der Waals surface area contributed by atoms with E-state index >= 15 is 0 Å². The number of carbonyl (C=O) groups is 4. The van der Waals surface area contributed by atoms with Gasteiger partial charge in [-0.1, -0.05) is 54.5 Å². The minimum Gasteiger partial charge on any atom is -0.480 e. The number of nitrogens with two attached hydrogens (primary N) is 1. The number of aliphatic carboxylic acids is 1. The third-order valence-corrected chi connectivity index (χ3v) is 7.22. The van der Waals surface area contributed by atoms with E-state index in [-0.39, 0.29) is 41.6 Å². The van der Waals surface area contributed by atoms with E-state index in [0.29, 0.717) is 5.56 Å². The summed E-state index contributed by atoms with van der Waals surface area (Å²) < 4.78 is 26.9. The van der Waals surface area contributed by atoms with Gasteiger partial charge in [0.15, 0.2) is 11.5 Å². The third-order valence-electron chi connectivity index (χ3n) is 7.22. The molecule has 1 aromatic rings. The van der Waals surface area contributed by atoms with Gasteiger partial charge >= 0.3 is 24.2 Å². The first-order valence-corrected chi connectivity index (χ1v) is 14.0. The molecule has 5 unspecified atom stereocenters. The van der Waals surface area contributed by atoms with Gasteiger partial charge in [-0.05, 0) is 62.6 Å². The van der Waals surface area contributed by atoms with Crippen LogP contribution in [0.25, 0.3) is 0 Å². The first kappa shape index (κ1) is 35.7. The van der Waals surface area contributed by atoms with Gasteiger partial charge in [0.25, 0.3) is 0 Å². The van der Waals surface area contributed by atoms with Gasteiger partial charge < -0.3 is 34.5 Å². The van der Waals surface area contributed by atoms with Crippen molar-refractivity contribution >= 4 is 24.2 Å². The van der Waals surface area contributed by atoms with Crippen LogP contribution in [0.1, 0.15) is 87.1 Å². The Balaban J connectivity index is 3.40. The molecule has 0 saturated heterocycles. The molecule has 0 bridgehead atoms. The van der Waals surface area contributed by atoms with Crippen molar-refractivity contribution in [2.45, 2.75) is 106 Å². The molecule has 0 amide bonds. The summed E-state index contributed by atoms with van der Waals surface area (Å²) in [4.78, 5) is 49.4. The maximum absolute atomic E-state index is 12.6. The molecule has 1 aromatic carbocycles. The Bertz CT molecular complexity index is 1040. The van der Waals surface area contributed by atoms with Crippen molar-refractivity contribution in [3.05, 3.63) is 23.8 Å². The monoisotopic (exact) mass is 581 g/mol. The topological polar surface area (TPSA) is 161 Å². The Morgan fingerprint density at radius 3 is 1.66 bits per heavy atom. The van der Waals surface area contributed by atoms with E-state index in [1.54, 1.807) is 27.7 Å². The van der Waals surface area contributed by atoms with Crippen molar-refractivity contribution < 1.29 is 48.0 Å². The van der Waals surface area contributed by atoms with E-state index in [0.717, 1.165) is 0 Å². The number of benzene rings is 1. The van der Waals surface area contributed by atoms with E-state index in [4.69, 9.17) is 29.4 Å². The zero-order chi connectivity index (χ0) is 31.6. The fourth-order valence-corrected chi connectivity index (χ4v) is 3.37. The summed E-state index contributed by atoms with van der Waals surface area (Å²) >= 11 is 0. The molecule has 41 heavy (non-hydrogen) atoms. The maximum atomic E-state index is 12.6. The van der Waals surface area contributed by atoms with Crippen LogP contribution in [0.4, 0.5) is 9.59 Å². The zero-order valence-electron chi connectivity index (χ0n) is 25.8. The van der Waals surface area contributed by atoms with Gasteiger partial charge in [0, 0.05) is 5.92 Å². The summed E-state index contributed by atoms with van der Waals surface area (Å²) in [5.41, 5.74) is 6.41. The number of hydrogen-bond acceptors (Lipinski definition) is 10. The molecule has 0 radical (unpaired) electrons. The number of hydrogen-bond donors (Lipinski definition) is 2. The molecule has 1 rings (SSSR count). The lowest BCUT2D eigenvalue weighted by molar-refractivity contribution is -0.154. The normalized spacial score (nSPS) is 15.9. The zero-order valence-corrected chi connectivity index (χ0v) is 25.8. The second-order valence-corrected chi connectivity index (χ2v) is 11.5. The Kier molecular flexibility index (Phi) is 14.1. The predicted molar refractivity (Wildman–Crippen MR) is 152 cm³/mol. The number of esters is 1. The van der Waals surface area contributed by atoms with Gasteiger partial charge in [0.05, 0.1) is 12.0 Å². The summed E-state index contributed by atoms with van der Waals surface area (Å²) in [5.74, 6) is -3.12. The Morgan fingerprint density at radius 1 is 0.732 bits per heavy atom. The van der Waals surface area contributed by atoms with Crippen molar-refractivity contribution in [3.8, 4) is 11.5 Å². The Labute approximate surface area is 243 Å². The van der Waals surface area contributed by atoms with Crippen molar-refractivity contribution in [2.24, 2.45) is 29.4 Å². The minimum atomic E-state index is -1.39. The second-order valence-electron chi connectivity index (χ2n) is 11.5. The Hall–Kier alpha value is -3.34. The lowest BCUT2D eigenvalue weighted by atomic mass is 9.87. The van der Waals surface area contributed by atoms with Crippen LogP contribution in [0.2, 0.25) is 0 Å². The molecule has 0 aliphatic rings. The highest BCUT2D eigenvalue weighted by Crippen LogP contribution is 2.35. The van der Waals surface area contributed by atoms with Gasteiger partial charge in [-0.2, -0.15) is 0 Å². The number of carbonyl (C=O) groups excluding carboxylic acids is 3. The first-order valence-electron chi connectivity index (χ1n) is 14.0. The predicted octanol–water partition coefficient (Wildman–Crippen LogP) is 5.92. The molecule has 0 heterocycles. The SMILES string of the molecule is CC(CC(c1ccc(OC(=O)OC(C)C(C)C)c(OC(=O)OC(C)C(C)C)c1)[C@H](N)C(=O)O)OC(=O)C(C)C(C)C. The van der Waals surface area contributed by atoms with Crippen LogP contribution in [-0.2, 0) is 23.8 Å². The smallest absolute Gasteiger partial charge is 0.480 e. The van der Waals surface area contributed by atoms with E-state index in [1.165, 1.54) is 18.2 Å². The van der Waals surface area contributed by atoms with Gasteiger partial charge in [-0.3, -0.25) is 9.59 Å². The van der Waals surface area contributed by atoms with Crippen molar-refractivity contribution in [1.82, 2.24) is 0 Å². The first-order chi connectivity index (χ1) is 18.9. The van der Waals surface area contributed by atoms with Gasteiger partial charge in [-0.25, -0.2) is 9.59 Å². The lowest BCUT2D eigenvalue weighted by Gasteiger charge is -2.26. The summed E-state index contributed by atoms with van der Waals surface area (Å²) in [5, 5.41) is 9.71. The quantitative estimate of drug-likeness (QED) is 0.152. The molecule has 11 heteroatoms. The minimum absolute atomic E-state index is 0.0117. The van der Waals surface area contributed by atoms with Crippen LogP contribution in [0, 0.1) is 23.7 Å². The van der Waals surface area contributed by atoms with Crippen molar-refractivity contribution in [1.29, 1.82) is 0 Å². The van der Waals surface area contributed by atoms with Crippen LogP contribution in [-0.4, -0.2) is 53.7 Å². The largest absolute Gasteiger partial charge is 0.514 e. The highest BCUT2D eigenvalue weighted by atomic mass is 16.7. The van der Waals surface area contributed by atoms with Crippen LogP contribution in [0.15, 0.2) is 18.2 Å². The number of carboxylic acid groups (broad SMARTS) is 1. The van der Waals surface area contributed by atoms with Gasteiger partial charge in [0.2, 0.25) is 0 Å². The average Bonchev–Trinajstić information content (AvgIpc) is 2.86. The van der Waals surface area contributed by atoms with Crippen molar-refractivity contribution in [3.63, 3.8) is 0 Å². The fraction of sp³-hybridized carbons (Fsp3) is 0.667. The molecule has 0 aliphatic carbocycles. The maximum Gasteiger partial charge on any atom is 0.514 e. The molecule has 0 spiro atoms. The molecular formula is C30H47NO10. The number of rotatable bonds is 14. The summed E-state index contributed by atoms with van der Waals surface area (Å²) in [6.07, 6.45) is -3.57. The van der Waals surface area contributed by atoms with Crippen LogP contribution < -0.4 is 15.2 Å². The summed E-state index contributed by atoms with van der Waals surface area (Å²) in [6.45, 7) is 18.1. The lowest BCUT2D eigenvalue weighted by Crippen LogP contribution is -2.38. The van der Waals surface area contributed by atoms with Crippen LogP contribution in [0.3, 0.4) is 0 Å².